The largest absolute Gasteiger partial charge is 0.360 e. The third-order valence-corrected chi connectivity index (χ3v) is 14.2. The van der Waals surface area contributed by atoms with Crippen LogP contribution in [0.2, 0.25) is 0 Å². The van der Waals surface area contributed by atoms with Crippen LogP contribution in [0.15, 0.2) is 146 Å². The first-order chi connectivity index (χ1) is 32.4. The second kappa shape index (κ2) is 16.9. The fourth-order valence-electron chi connectivity index (χ4n) is 10.1. The molecule has 8 N–H and O–H groups in total. The zero-order valence-electron chi connectivity index (χ0n) is 39.5. The van der Waals surface area contributed by atoms with Crippen LogP contribution >= 0.6 is 0 Å². The molecule has 4 amide bonds. The third-order valence-electron chi connectivity index (χ3n) is 14.2. The number of aromatic nitrogens is 4. The van der Waals surface area contributed by atoms with Gasteiger partial charge in [-0.15, -0.1) is 0 Å². The molecule has 9 rings (SSSR count). The number of carbonyl (C=O) groups excluding carboxylic acids is 4. The van der Waals surface area contributed by atoms with Gasteiger partial charge in [0.2, 0.25) is 23.6 Å². The molecule has 12 nitrogen and oxygen atoms in total. The van der Waals surface area contributed by atoms with Crippen LogP contribution in [0.4, 0.5) is 22.7 Å². The molecule has 8 bridgehead atoms. The highest BCUT2D eigenvalue weighted by Gasteiger charge is 2.43. The Labute approximate surface area is 395 Å². The third kappa shape index (κ3) is 7.71. The molecule has 344 valence electrons. The standard InChI is InChI=1S/C56H56N8O4/c1-33(65)57-41-17-9-37(10-18-41)53(5)45-25-27-47(61-45)54(6,38-11-19-42(20-12-38)58-34(2)66)49-29-31-51(63-49)56(8,40-15-23-44(24-16-40)60-36(4)68)52-32-30-50(64-52)55(7,48-28-26-46(53)62-48)39-13-21-43(22-14-39)59-35(3)67/h9-32,61-64H,1-8H3,(H,57,65)(H,58,66)(H,59,67)(H,60,68). The topological polar surface area (TPSA) is 180 Å². The minimum Gasteiger partial charge on any atom is -0.360 e. The molecule has 0 saturated carbocycles. The van der Waals surface area contributed by atoms with E-state index in [1.165, 1.54) is 27.7 Å². The summed E-state index contributed by atoms with van der Waals surface area (Å²) in [5.41, 5.74) is 11.1. The Balaban J connectivity index is 1.32. The number of hydrogen-bond acceptors (Lipinski definition) is 4. The lowest BCUT2D eigenvalue weighted by atomic mass is 9.76. The van der Waals surface area contributed by atoms with Crippen molar-refractivity contribution in [2.45, 2.75) is 77.0 Å². The summed E-state index contributed by atoms with van der Waals surface area (Å²) in [7, 11) is 0. The van der Waals surface area contributed by atoms with Gasteiger partial charge in [0, 0.05) is 96.0 Å². The number of nitrogens with one attached hydrogen (secondary N) is 8. The fraction of sp³-hybridized carbons (Fsp3) is 0.214. The minimum atomic E-state index is -0.779. The van der Waals surface area contributed by atoms with Crippen LogP contribution in [0.1, 0.15) is 123 Å². The van der Waals surface area contributed by atoms with Crippen molar-refractivity contribution in [3.8, 4) is 0 Å². The molecular formula is C56H56N8O4. The van der Waals surface area contributed by atoms with Gasteiger partial charge in [-0.05, 0) is 147 Å². The number of carbonyl (C=O) groups is 4. The van der Waals surface area contributed by atoms with Gasteiger partial charge in [0.1, 0.15) is 0 Å². The van der Waals surface area contributed by atoms with E-state index < -0.39 is 21.7 Å². The van der Waals surface area contributed by atoms with Crippen LogP contribution in [0, 0.1) is 0 Å². The number of hydrogen-bond donors (Lipinski definition) is 8. The number of amides is 4. The second-order valence-electron chi connectivity index (χ2n) is 18.7. The van der Waals surface area contributed by atoms with E-state index in [4.69, 9.17) is 0 Å². The lowest BCUT2D eigenvalue weighted by Crippen LogP contribution is -2.32. The molecule has 0 unspecified atom stereocenters. The normalized spacial score (nSPS) is 20.8. The van der Waals surface area contributed by atoms with Gasteiger partial charge in [0.15, 0.2) is 0 Å². The summed E-state index contributed by atoms with van der Waals surface area (Å²) in [5.74, 6) is -0.590. The zero-order valence-corrected chi connectivity index (χ0v) is 39.5. The Morgan fingerprint density at radius 2 is 0.426 bits per heavy atom. The van der Waals surface area contributed by atoms with Gasteiger partial charge in [-0.3, -0.25) is 19.2 Å². The maximum absolute atomic E-state index is 12.1. The van der Waals surface area contributed by atoms with Crippen LogP contribution in [0.5, 0.6) is 0 Å². The first kappa shape index (κ1) is 45.1. The Kier molecular flexibility index (Phi) is 11.2. The molecule has 0 saturated heterocycles. The average molecular weight is 905 g/mol. The first-order valence-electron chi connectivity index (χ1n) is 22.7. The second-order valence-corrected chi connectivity index (χ2v) is 18.7. The SMILES string of the molecule is CC(=O)Nc1ccc(C2(C)c3ccc([nH]3)C(C)(c3ccc(NC(C)=O)cc3)c3ccc([nH]3)C(C)(c3ccc(NC(C)=O)cc3)c3ccc([nH]3)C(C)(c3ccc(NC(C)=O)cc3)c3ccc2[nH]3)cc1. The van der Waals surface area contributed by atoms with Crippen LogP contribution in [0.3, 0.4) is 0 Å². The van der Waals surface area contributed by atoms with Gasteiger partial charge in [0.25, 0.3) is 0 Å². The molecule has 5 heterocycles. The molecule has 8 aromatic rings. The molecule has 0 atom stereocenters. The Morgan fingerprint density at radius 1 is 0.279 bits per heavy atom. The Hall–Kier alpha value is -8.12. The summed E-state index contributed by atoms with van der Waals surface area (Å²) in [6, 6.07) is 49.2. The molecule has 12 heteroatoms. The zero-order chi connectivity index (χ0) is 48.2. The highest BCUT2D eigenvalue weighted by Crippen LogP contribution is 2.48. The highest BCUT2D eigenvalue weighted by molar-refractivity contribution is 5.90. The van der Waals surface area contributed by atoms with Crippen LogP contribution < -0.4 is 21.3 Å². The molecule has 0 aliphatic carbocycles. The molecule has 0 radical (unpaired) electrons. The summed E-state index contributed by atoms with van der Waals surface area (Å²) in [6.45, 7) is 14.8. The van der Waals surface area contributed by atoms with E-state index in [0.717, 1.165) is 67.8 Å². The Morgan fingerprint density at radius 3 is 0.559 bits per heavy atom. The van der Waals surface area contributed by atoms with Crippen molar-refractivity contribution in [1.82, 2.24) is 19.9 Å². The minimum absolute atomic E-state index is 0.148. The van der Waals surface area contributed by atoms with Crippen LogP contribution in [0.25, 0.3) is 0 Å². The monoisotopic (exact) mass is 904 g/mol. The maximum atomic E-state index is 12.1. The molecule has 1 aliphatic heterocycles. The van der Waals surface area contributed by atoms with Crippen LogP contribution in [-0.4, -0.2) is 43.6 Å². The van der Waals surface area contributed by atoms with Gasteiger partial charge in [-0.1, -0.05) is 48.5 Å². The predicted octanol–water partition coefficient (Wildman–Crippen LogP) is 10.6. The predicted molar refractivity (Wildman–Crippen MR) is 268 cm³/mol. The smallest absolute Gasteiger partial charge is 0.221 e. The number of fused-ring (bicyclic) bond motifs is 8. The van der Waals surface area contributed by atoms with E-state index in [1.807, 2.05) is 48.5 Å². The number of benzene rings is 4. The molecule has 0 spiro atoms. The van der Waals surface area contributed by atoms with E-state index >= 15 is 0 Å². The van der Waals surface area contributed by atoms with Crippen molar-refractivity contribution < 1.29 is 19.2 Å². The fourth-order valence-corrected chi connectivity index (χ4v) is 10.1. The molecular weight excluding hydrogens is 849 g/mol. The molecule has 4 aromatic carbocycles. The van der Waals surface area contributed by atoms with Gasteiger partial charge in [0.05, 0.1) is 21.7 Å². The van der Waals surface area contributed by atoms with E-state index in [-0.39, 0.29) is 23.6 Å². The number of rotatable bonds is 8. The van der Waals surface area contributed by atoms with Crippen molar-refractivity contribution in [2.24, 2.45) is 0 Å². The number of H-pyrrole nitrogens is 4. The molecule has 68 heavy (non-hydrogen) atoms. The summed E-state index contributed by atoms with van der Waals surface area (Å²) < 4.78 is 0. The summed E-state index contributed by atoms with van der Waals surface area (Å²) in [5, 5.41) is 11.7. The summed E-state index contributed by atoms with van der Waals surface area (Å²) >= 11 is 0. The Bertz CT molecular complexity index is 2680. The highest BCUT2D eigenvalue weighted by atomic mass is 16.2. The molecule has 0 fully saturated rings. The van der Waals surface area contributed by atoms with Gasteiger partial charge in [-0.2, -0.15) is 0 Å². The van der Waals surface area contributed by atoms with Crippen molar-refractivity contribution in [3.63, 3.8) is 0 Å². The van der Waals surface area contributed by atoms with Gasteiger partial charge in [-0.25, -0.2) is 0 Å². The lowest BCUT2D eigenvalue weighted by Gasteiger charge is -2.34. The van der Waals surface area contributed by atoms with E-state index in [1.54, 1.807) is 0 Å². The lowest BCUT2D eigenvalue weighted by molar-refractivity contribution is -0.115. The summed E-state index contributed by atoms with van der Waals surface area (Å²) in [6.07, 6.45) is 0. The van der Waals surface area contributed by atoms with Crippen molar-refractivity contribution in [2.75, 3.05) is 21.3 Å². The maximum Gasteiger partial charge on any atom is 0.221 e. The first-order valence-corrected chi connectivity index (χ1v) is 22.7. The van der Waals surface area contributed by atoms with E-state index in [2.05, 4.69) is 166 Å². The average Bonchev–Trinajstić information content (AvgIpc) is 4.16. The quantitative estimate of drug-likeness (QED) is 0.0757. The van der Waals surface area contributed by atoms with Gasteiger partial charge >= 0.3 is 0 Å². The van der Waals surface area contributed by atoms with Gasteiger partial charge < -0.3 is 41.2 Å². The van der Waals surface area contributed by atoms with Crippen molar-refractivity contribution >= 4 is 46.4 Å². The van der Waals surface area contributed by atoms with Crippen molar-refractivity contribution in [1.29, 1.82) is 0 Å². The number of aromatic amines is 4. The molecule has 4 aromatic heterocycles. The number of anilines is 4. The van der Waals surface area contributed by atoms with Crippen molar-refractivity contribution in [3.05, 3.63) is 213 Å². The van der Waals surface area contributed by atoms with Crippen LogP contribution in [-0.2, 0) is 40.8 Å². The summed E-state index contributed by atoms with van der Waals surface area (Å²) in [4.78, 5) is 64.2. The molecule has 1 aliphatic rings. The van der Waals surface area contributed by atoms with E-state index in [9.17, 15) is 19.2 Å². The van der Waals surface area contributed by atoms with E-state index in [0.29, 0.717) is 22.7 Å².